The number of rotatable bonds is 4. The molecule has 2 aromatic rings. The summed E-state index contributed by atoms with van der Waals surface area (Å²) >= 11 is 6.03. The molecule has 1 aliphatic carbocycles. The molecule has 110 valence electrons. The van der Waals surface area contributed by atoms with Crippen molar-refractivity contribution in [2.75, 3.05) is 0 Å². The normalized spacial score (nSPS) is 15.5. The summed E-state index contributed by atoms with van der Waals surface area (Å²) < 4.78 is 0. The van der Waals surface area contributed by atoms with E-state index in [4.69, 9.17) is 17.3 Å². The largest absolute Gasteiger partial charge is 0.324 e. The lowest BCUT2D eigenvalue weighted by Crippen LogP contribution is -2.13. The van der Waals surface area contributed by atoms with Crippen molar-refractivity contribution in [3.63, 3.8) is 0 Å². The van der Waals surface area contributed by atoms with Gasteiger partial charge in [0.2, 0.25) is 0 Å². The van der Waals surface area contributed by atoms with Crippen LogP contribution < -0.4 is 5.73 Å². The van der Waals surface area contributed by atoms with E-state index in [1.807, 2.05) is 18.2 Å². The highest BCUT2D eigenvalue weighted by Gasteiger charge is 2.12. The number of halogens is 1. The van der Waals surface area contributed by atoms with Crippen molar-refractivity contribution in [2.24, 2.45) is 5.73 Å². The molecule has 21 heavy (non-hydrogen) atoms. The highest BCUT2D eigenvalue weighted by Crippen LogP contribution is 2.26. The van der Waals surface area contributed by atoms with Gasteiger partial charge in [0.25, 0.3) is 0 Å². The third kappa shape index (κ3) is 3.66. The Hall–Kier alpha value is -1.31. The smallest absolute Gasteiger partial charge is 0.0408 e. The summed E-state index contributed by atoms with van der Waals surface area (Å²) in [4.78, 5) is 0. The van der Waals surface area contributed by atoms with Crippen LogP contribution in [0.5, 0.6) is 0 Å². The number of fused-ring (bicyclic) bond motifs is 1. The van der Waals surface area contributed by atoms with Crippen molar-refractivity contribution in [3.05, 3.63) is 69.7 Å². The molecule has 1 atom stereocenters. The molecular weight excluding hydrogens is 278 g/mol. The zero-order chi connectivity index (χ0) is 14.7. The van der Waals surface area contributed by atoms with Gasteiger partial charge in [-0.2, -0.15) is 0 Å². The fourth-order valence-corrected chi connectivity index (χ4v) is 3.38. The molecule has 0 heterocycles. The molecule has 1 nitrogen and oxygen atoms in total. The minimum absolute atomic E-state index is 0.108. The Balaban J connectivity index is 1.66. The lowest BCUT2D eigenvalue weighted by atomic mass is 9.88. The number of aryl methyl sites for hydroxylation is 3. The summed E-state index contributed by atoms with van der Waals surface area (Å²) in [7, 11) is 0. The Bertz CT molecular complexity index is 621. The Morgan fingerprint density at radius 1 is 1.00 bits per heavy atom. The van der Waals surface area contributed by atoms with Crippen molar-refractivity contribution in [3.8, 4) is 0 Å². The Kier molecular flexibility index (Phi) is 4.62. The van der Waals surface area contributed by atoms with E-state index >= 15 is 0 Å². The summed E-state index contributed by atoms with van der Waals surface area (Å²) in [6.45, 7) is 0. The summed E-state index contributed by atoms with van der Waals surface area (Å²) in [5.41, 5.74) is 11.9. The molecule has 0 radical (unpaired) electrons. The lowest BCUT2D eigenvalue weighted by molar-refractivity contribution is 0.642. The molecule has 0 saturated heterocycles. The van der Waals surface area contributed by atoms with Gasteiger partial charge < -0.3 is 5.73 Å². The van der Waals surface area contributed by atoms with Gasteiger partial charge in [-0.1, -0.05) is 41.9 Å². The monoisotopic (exact) mass is 299 g/mol. The van der Waals surface area contributed by atoms with Crippen LogP contribution in [0.2, 0.25) is 5.02 Å². The molecule has 1 unspecified atom stereocenters. The minimum Gasteiger partial charge on any atom is -0.324 e. The molecule has 0 bridgehead atoms. The van der Waals surface area contributed by atoms with Gasteiger partial charge in [0.15, 0.2) is 0 Å². The van der Waals surface area contributed by atoms with Crippen LogP contribution in [-0.4, -0.2) is 0 Å². The van der Waals surface area contributed by atoms with Crippen LogP contribution in [-0.2, 0) is 19.3 Å². The highest BCUT2D eigenvalue weighted by molar-refractivity contribution is 6.30. The molecule has 2 aromatic carbocycles. The quantitative estimate of drug-likeness (QED) is 0.858. The third-order valence-electron chi connectivity index (χ3n) is 4.43. The van der Waals surface area contributed by atoms with E-state index < -0.39 is 0 Å². The first-order valence-electron chi connectivity index (χ1n) is 7.84. The van der Waals surface area contributed by atoms with Gasteiger partial charge in [0.1, 0.15) is 0 Å². The highest BCUT2D eigenvalue weighted by atomic mass is 35.5. The molecule has 0 amide bonds. The summed E-state index contributed by atoms with van der Waals surface area (Å²) in [5, 5.41) is 0.801. The average Bonchev–Trinajstić information content (AvgIpc) is 2.52. The molecule has 0 saturated carbocycles. The minimum atomic E-state index is 0.108. The number of hydrogen-bond acceptors (Lipinski definition) is 1. The first kappa shape index (κ1) is 14.6. The van der Waals surface area contributed by atoms with E-state index in [1.165, 1.54) is 47.9 Å². The van der Waals surface area contributed by atoms with Gasteiger partial charge in [-0.05, 0) is 72.9 Å². The van der Waals surface area contributed by atoms with Crippen LogP contribution >= 0.6 is 11.6 Å². The number of benzene rings is 2. The fourth-order valence-electron chi connectivity index (χ4n) is 3.17. The number of nitrogens with two attached hydrogens (primary N) is 1. The van der Waals surface area contributed by atoms with E-state index in [-0.39, 0.29) is 6.04 Å². The predicted octanol–water partition coefficient (Wildman–Crippen LogP) is 4.85. The zero-order valence-electron chi connectivity index (χ0n) is 12.3. The van der Waals surface area contributed by atoms with E-state index in [9.17, 15) is 0 Å². The Labute approximate surface area is 132 Å². The molecule has 2 heteroatoms. The molecule has 0 fully saturated rings. The molecule has 1 aliphatic rings. The van der Waals surface area contributed by atoms with Crippen LogP contribution in [0.3, 0.4) is 0 Å². The van der Waals surface area contributed by atoms with Gasteiger partial charge in [0.05, 0.1) is 0 Å². The predicted molar refractivity (Wildman–Crippen MR) is 89.8 cm³/mol. The molecule has 3 rings (SSSR count). The SMILES string of the molecule is NC(CCc1cccc(Cl)c1)c1ccc2c(c1)CCCC2. The Morgan fingerprint density at radius 2 is 1.81 bits per heavy atom. The molecular formula is C19H22ClN. The van der Waals surface area contributed by atoms with Crippen molar-refractivity contribution in [1.82, 2.24) is 0 Å². The average molecular weight is 300 g/mol. The Morgan fingerprint density at radius 3 is 2.62 bits per heavy atom. The molecule has 2 N–H and O–H groups in total. The lowest BCUT2D eigenvalue weighted by Gasteiger charge is -2.19. The third-order valence-corrected chi connectivity index (χ3v) is 4.67. The van der Waals surface area contributed by atoms with Gasteiger partial charge in [-0.25, -0.2) is 0 Å². The summed E-state index contributed by atoms with van der Waals surface area (Å²) in [6.07, 6.45) is 7.01. The van der Waals surface area contributed by atoms with E-state index in [0.717, 1.165) is 17.9 Å². The number of hydrogen-bond donors (Lipinski definition) is 1. The van der Waals surface area contributed by atoms with Gasteiger partial charge in [-0.3, -0.25) is 0 Å². The first-order valence-corrected chi connectivity index (χ1v) is 8.22. The topological polar surface area (TPSA) is 26.0 Å². The maximum absolute atomic E-state index is 6.38. The van der Waals surface area contributed by atoms with E-state index in [1.54, 1.807) is 0 Å². The van der Waals surface area contributed by atoms with Gasteiger partial charge in [0, 0.05) is 11.1 Å². The van der Waals surface area contributed by atoms with Crippen LogP contribution in [0.4, 0.5) is 0 Å². The first-order chi connectivity index (χ1) is 10.2. The second-order valence-corrected chi connectivity index (χ2v) is 6.45. The van der Waals surface area contributed by atoms with Crippen LogP contribution in [0.25, 0.3) is 0 Å². The van der Waals surface area contributed by atoms with Gasteiger partial charge >= 0.3 is 0 Å². The van der Waals surface area contributed by atoms with Gasteiger partial charge in [-0.15, -0.1) is 0 Å². The standard InChI is InChI=1S/C19H22ClN/c20-18-7-3-4-14(12-18)8-11-19(21)17-10-9-15-5-1-2-6-16(15)13-17/h3-4,7,9-10,12-13,19H,1-2,5-6,8,11,21H2. The summed E-state index contributed by atoms with van der Waals surface area (Å²) in [5.74, 6) is 0. The second-order valence-electron chi connectivity index (χ2n) is 6.01. The fraction of sp³-hybridized carbons (Fsp3) is 0.368. The van der Waals surface area contributed by atoms with E-state index in [0.29, 0.717) is 0 Å². The maximum atomic E-state index is 6.38. The van der Waals surface area contributed by atoms with Crippen molar-refractivity contribution in [2.45, 2.75) is 44.6 Å². The molecule has 0 spiro atoms. The molecule has 0 aromatic heterocycles. The van der Waals surface area contributed by atoms with E-state index in [2.05, 4.69) is 24.3 Å². The maximum Gasteiger partial charge on any atom is 0.0408 e. The van der Waals surface area contributed by atoms with Crippen LogP contribution in [0.1, 0.15) is 47.6 Å². The van der Waals surface area contributed by atoms with Crippen molar-refractivity contribution >= 4 is 11.6 Å². The summed E-state index contributed by atoms with van der Waals surface area (Å²) in [6, 6.07) is 15.0. The van der Waals surface area contributed by atoms with Crippen molar-refractivity contribution < 1.29 is 0 Å². The van der Waals surface area contributed by atoms with Crippen LogP contribution in [0.15, 0.2) is 42.5 Å². The van der Waals surface area contributed by atoms with Crippen molar-refractivity contribution in [1.29, 1.82) is 0 Å². The second kappa shape index (κ2) is 6.64. The zero-order valence-corrected chi connectivity index (χ0v) is 13.1. The molecule has 0 aliphatic heterocycles. The van der Waals surface area contributed by atoms with Crippen LogP contribution in [0, 0.1) is 0 Å².